The molecule has 1 heterocycles. The summed E-state index contributed by atoms with van der Waals surface area (Å²) < 4.78 is 1.77. The third-order valence-electron chi connectivity index (χ3n) is 3.01. The van der Waals surface area contributed by atoms with Gasteiger partial charge in [-0.25, -0.2) is 0 Å². The van der Waals surface area contributed by atoms with E-state index >= 15 is 0 Å². The fraction of sp³-hybridized carbons (Fsp3) is 0.214. The Kier molecular flexibility index (Phi) is 5.30. The molecule has 2 aromatic rings. The summed E-state index contributed by atoms with van der Waals surface area (Å²) in [6, 6.07) is 7.10. The zero-order valence-electron chi connectivity index (χ0n) is 11.3. The van der Waals surface area contributed by atoms with Crippen molar-refractivity contribution in [2.24, 2.45) is 0 Å². The third-order valence-corrected chi connectivity index (χ3v) is 4.13. The van der Waals surface area contributed by atoms with Crippen molar-refractivity contribution in [2.45, 2.75) is 19.9 Å². The van der Waals surface area contributed by atoms with E-state index in [1.807, 2.05) is 19.1 Å². The number of hydrogen-bond acceptors (Lipinski definition) is 4. The van der Waals surface area contributed by atoms with Crippen LogP contribution in [0.5, 0.6) is 0 Å². The maximum absolute atomic E-state index is 11.1. The Balaban J connectivity index is 2.16. The molecule has 1 N–H and O–H groups in total. The van der Waals surface area contributed by atoms with Crippen molar-refractivity contribution in [1.82, 2.24) is 4.98 Å². The van der Waals surface area contributed by atoms with Gasteiger partial charge >= 0.3 is 0 Å². The van der Waals surface area contributed by atoms with Crippen molar-refractivity contribution in [3.63, 3.8) is 0 Å². The number of pyridine rings is 1. The average Bonchev–Trinajstić information content (AvgIpc) is 2.46. The topological polar surface area (TPSA) is 68.1 Å². The van der Waals surface area contributed by atoms with Crippen LogP contribution in [0.4, 0.5) is 11.4 Å². The van der Waals surface area contributed by atoms with E-state index in [4.69, 9.17) is 0 Å². The standard InChI is InChI=1S/C14H13Br2N3O2/c1-2-9-3-4-11(6-14(9)19(20)21)17-8-13-12(16)5-10(15)7-18-13/h3-7,17H,2,8H2,1H3. The highest BCUT2D eigenvalue weighted by Crippen LogP contribution is 2.25. The van der Waals surface area contributed by atoms with Crippen molar-refractivity contribution in [1.29, 1.82) is 0 Å². The van der Waals surface area contributed by atoms with Crippen molar-refractivity contribution < 1.29 is 4.92 Å². The molecular weight excluding hydrogens is 402 g/mol. The second-order valence-electron chi connectivity index (χ2n) is 4.39. The molecule has 0 saturated carbocycles. The fourth-order valence-corrected chi connectivity index (χ4v) is 3.03. The number of nitro benzene ring substituents is 1. The van der Waals surface area contributed by atoms with E-state index in [0.29, 0.717) is 18.7 Å². The fourth-order valence-electron chi connectivity index (χ4n) is 1.90. The van der Waals surface area contributed by atoms with Gasteiger partial charge in [0.25, 0.3) is 5.69 Å². The first-order valence-corrected chi connectivity index (χ1v) is 7.91. The van der Waals surface area contributed by atoms with E-state index in [9.17, 15) is 10.1 Å². The SMILES string of the molecule is CCc1ccc(NCc2ncc(Br)cc2Br)cc1[N+](=O)[O-]. The Morgan fingerprint density at radius 1 is 1.33 bits per heavy atom. The van der Waals surface area contributed by atoms with Crippen LogP contribution in [-0.4, -0.2) is 9.91 Å². The van der Waals surface area contributed by atoms with Gasteiger partial charge in [-0.1, -0.05) is 13.0 Å². The van der Waals surface area contributed by atoms with E-state index in [1.165, 1.54) is 0 Å². The number of nitrogens with zero attached hydrogens (tertiary/aromatic N) is 2. The van der Waals surface area contributed by atoms with Crippen LogP contribution >= 0.6 is 31.9 Å². The van der Waals surface area contributed by atoms with Crippen LogP contribution in [0.3, 0.4) is 0 Å². The maximum Gasteiger partial charge on any atom is 0.274 e. The molecule has 110 valence electrons. The van der Waals surface area contributed by atoms with Crippen molar-refractivity contribution in [3.05, 3.63) is 60.8 Å². The van der Waals surface area contributed by atoms with E-state index in [0.717, 1.165) is 20.2 Å². The van der Waals surface area contributed by atoms with Gasteiger partial charge in [0.05, 0.1) is 17.2 Å². The van der Waals surface area contributed by atoms with E-state index in [1.54, 1.807) is 18.3 Å². The Morgan fingerprint density at radius 2 is 2.10 bits per heavy atom. The Labute approximate surface area is 139 Å². The zero-order chi connectivity index (χ0) is 15.4. The first kappa shape index (κ1) is 15.9. The van der Waals surface area contributed by atoms with Gasteiger partial charge in [0.1, 0.15) is 0 Å². The smallest absolute Gasteiger partial charge is 0.274 e. The largest absolute Gasteiger partial charge is 0.379 e. The summed E-state index contributed by atoms with van der Waals surface area (Å²) in [4.78, 5) is 15.0. The summed E-state index contributed by atoms with van der Waals surface area (Å²) in [7, 11) is 0. The minimum atomic E-state index is -0.349. The van der Waals surface area contributed by atoms with Gasteiger partial charge in [-0.05, 0) is 50.4 Å². The van der Waals surface area contributed by atoms with Gasteiger partial charge < -0.3 is 5.32 Å². The molecule has 0 radical (unpaired) electrons. The molecule has 5 nitrogen and oxygen atoms in total. The van der Waals surface area contributed by atoms with Crippen LogP contribution in [0.1, 0.15) is 18.2 Å². The molecule has 2 rings (SSSR count). The van der Waals surface area contributed by atoms with Crippen LogP contribution in [0, 0.1) is 10.1 Å². The summed E-state index contributed by atoms with van der Waals surface area (Å²) in [5, 5.41) is 14.2. The lowest BCUT2D eigenvalue weighted by Gasteiger charge is -2.09. The minimum Gasteiger partial charge on any atom is -0.379 e. The van der Waals surface area contributed by atoms with E-state index in [-0.39, 0.29) is 10.6 Å². The predicted octanol–water partition coefficient (Wildman–Crippen LogP) is 4.69. The van der Waals surface area contributed by atoms with Crippen LogP contribution < -0.4 is 5.32 Å². The summed E-state index contributed by atoms with van der Waals surface area (Å²) in [6.45, 7) is 2.38. The van der Waals surface area contributed by atoms with Crippen molar-refractivity contribution >= 4 is 43.2 Å². The van der Waals surface area contributed by atoms with E-state index < -0.39 is 0 Å². The van der Waals surface area contributed by atoms with E-state index in [2.05, 4.69) is 42.2 Å². The van der Waals surface area contributed by atoms with Crippen molar-refractivity contribution in [3.8, 4) is 0 Å². The number of nitro groups is 1. The Bertz CT molecular complexity index is 677. The first-order chi connectivity index (χ1) is 10.0. The van der Waals surface area contributed by atoms with Crippen LogP contribution in [0.25, 0.3) is 0 Å². The normalized spacial score (nSPS) is 10.4. The molecule has 1 aromatic carbocycles. The highest BCUT2D eigenvalue weighted by Gasteiger charge is 2.13. The molecule has 0 atom stereocenters. The van der Waals surface area contributed by atoms with Gasteiger partial charge in [0, 0.05) is 32.5 Å². The number of rotatable bonds is 5. The number of anilines is 1. The van der Waals surface area contributed by atoms with Gasteiger partial charge in [-0.15, -0.1) is 0 Å². The zero-order valence-corrected chi connectivity index (χ0v) is 14.4. The van der Waals surface area contributed by atoms with Crippen molar-refractivity contribution in [2.75, 3.05) is 5.32 Å². The van der Waals surface area contributed by atoms with Gasteiger partial charge in [0.2, 0.25) is 0 Å². The van der Waals surface area contributed by atoms with Gasteiger partial charge in [-0.2, -0.15) is 0 Å². The lowest BCUT2D eigenvalue weighted by Crippen LogP contribution is -2.04. The molecule has 1 aromatic heterocycles. The highest BCUT2D eigenvalue weighted by molar-refractivity contribution is 9.11. The molecule has 0 bridgehead atoms. The maximum atomic E-state index is 11.1. The second-order valence-corrected chi connectivity index (χ2v) is 6.16. The number of hydrogen-bond donors (Lipinski definition) is 1. The highest BCUT2D eigenvalue weighted by atomic mass is 79.9. The molecule has 21 heavy (non-hydrogen) atoms. The molecule has 0 aliphatic heterocycles. The minimum absolute atomic E-state index is 0.144. The lowest BCUT2D eigenvalue weighted by atomic mass is 10.1. The molecule has 0 unspecified atom stereocenters. The number of nitrogens with one attached hydrogen (secondary N) is 1. The molecule has 0 aliphatic rings. The molecular formula is C14H13Br2N3O2. The summed E-state index contributed by atoms with van der Waals surface area (Å²) in [6.07, 6.45) is 2.35. The molecule has 7 heteroatoms. The first-order valence-electron chi connectivity index (χ1n) is 6.32. The quantitative estimate of drug-likeness (QED) is 0.569. The molecule has 0 fully saturated rings. The summed E-state index contributed by atoms with van der Waals surface area (Å²) >= 11 is 6.79. The Morgan fingerprint density at radius 3 is 2.71 bits per heavy atom. The molecule has 0 amide bonds. The molecule has 0 aliphatic carbocycles. The van der Waals surface area contributed by atoms with Gasteiger partial charge in [-0.3, -0.25) is 15.1 Å². The number of halogens is 2. The predicted molar refractivity (Wildman–Crippen MR) is 89.4 cm³/mol. The number of aryl methyl sites for hydroxylation is 1. The Hall–Kier alpha value is -1.47. The number of benzene rings is 1. The van der Waals surface area contributed by atoms with Gasteiger partial charge in [0.15, 0.2) is 0 Å². The number of aromatic nitrogens is 1. The second kappa shape index (κ2) is 7.00. The monoisotopic (exact) mass is 413 g/mol. The molecule has 0 spiro atoms. The summed E-state index contributed by atoms with van der Waals surface area (Å²) in [5.41, 5.74) is 2.41. The third kappa shape index (κ3) is 4.01. The summed E-state index contributed by atoms with van der Waals surface area (Å²) in [5.74, 6) is 0. The van der Waals surface area contributed by atoms with Crippen LogP contribution in [0.2, 0.25) is 0 Å². The average molecular weight is 415 g/mol. The van der Waals surface area contributed by atoms with Crippen LogP contribution in [0.15, 0.2) is 39.4 Å². The van der Waals surface area contributed by atoms with Crippen LogP contribution in [-0.2, 0) is 13.0 Å². The molecule has 0 saturated heterocycles. The lowest BCUT2D eigenvalue weighted by molar-refractivity contribution is -0.385.